The zero-order valence-electron chi connectivity index (χ0n) is 10.6. The Morgan fingerprint density at radius 3 is 1.33 bits per heavy atom. The molecule has 2 amide bonds. The molecule has 0 aromatic rings. The molecule has 4 N–H and O–H groups in total. The normalized spacial score (nSPS) is 21.1. The molecule has 0 saturated heterocycles. The first-order valence-electron chi connectivity index (χ1n) is 6.87. The van der Waals surface area contributed by atoms with Crippen LogP contribution >= 0.6 is 0 Å². The van der Waals surface area contributed by atoms with Crippen molar-refractivity contribution in [2.45, 2.75) is 63.5 Å². The maximum absolute atomic E-state index is 11.5. The van der Waals surface area contributed by atoms with Crippen molar-refractivity contribution in [3.63, 3.8) is 0 Å². The van der Waals surface area contributed by atoms with Crippen molar-refractivity contribution in [1.82, 2.24) is 21.7 Å². The molecular formula is C12H22N4O2. The number of carbonyl (C=O) groups is 2. The van der Waals surface area contributed by atoms with Gasteiger partial charge >= 0.3 is 11.8 Å². The van der Waals surface area contributed by atoms with Gasteiger partial charge in [-0.2, -0.15) is 0 Å². The fraction of sp³-hybridized carbons (Fsp3) is 0.833. The van der Waals surface area contributed by atoms with E-state index in [1.165, 1.54) is 25.7 Å². The van der Waals surface area contributed by atoms with Gasteiger partial charge < -0.3 is 0 Å². The molecule has 0 bridgehead atoms. The van der Waals surface area contributed by atoms with E-state index in [1.54, 1.807) is 0 Å². The van der Waals surface area contributed by atoms with E-state index in [0.29, 0.717) is 12.1 Å². The lowest BCUT2D eigenvalue weighted by Gasteiger charge is -2.15. The highest BCUT2D eigenvalue weighted by Gasteiger charge is 2.20. The summed E-state index contributed by atoms with van der Waals surface area (Å²) in [5.41, 5.74) is 10.7. The van der Waals surface area contributed by atoms with Crippen LogP contribution in [0.15, 0.2) is 0 Å². The number of amides is 2. The topological polar surface area (TPSA) is 82.3 Å². The van der Waals surface area contributed by atoms with Crippen LogP contribution in [0.3, 0.4) is 0 Å². The molecule has 2 rings (SSSR count). The highest BCUT2D eigenvalue weighted by molar-refractivity contribution is 6.34. The van der Waals surface area contributed by atoms with Crippen LogP contribution in [0.5, 0.6) is 0 Å². The van der Waals surface area contributed by atoms with Gasteiger partial charge in [0, 0.05) is 12.1 Å². The first kappa shape index (κ1) is 13.3. The number of nitrogens with one attached hydrogen (secondary N) is 4. The summed E-state index contributed by atoms with van der Waals surface area (Å²) < 4.78 is 0. The minimum Gasteiger partial charge on any atom is -0.283 e. The number of hydrazine groups is 2. The van der Waals surface area contributed by atoms with Crippen LogP contribution < -0.4 is 21.7 Å². The molecule has 2 aliphatic carbocycles. The predicted octanol–water partition coefficient (Wildman–Crippen LogP) is 0.113. The molecule has 0 atom stereocenters. The van der Waals surface area contributed by atoms with E-state index in [2.05, 4.69) is 21.7 Å². The fourth-order valence-corrected chi connectivity index (χ4v) is 2.59. The molecule has 2 aliphatic rings. The predicted molar refractivity (Wildman–Crippen MR) is 67.1 cm³/mol. The molecule has 0 radical (unpaired) electrons. The number of hydrogen-bond donors (Lipinski definition) is 4. The van der Waals surface area contributed by atoms with Crippen molar-refractivity contribution in [2.24, 2.45) is 0 Å². The Hall–Kier alpha value is -1.14. The van der Waals surface area contributed by atoms with Gasteiger partial charge in [-0.3, -0.25) is 20.4 Å². The summed E-state index contributed by atoms with van der Waals surface area (Å²) in [6.45, 7) is 0. The van der Waals surface area contributed by atoms with E-state index in [1.807, 2.05) is 0 Å². The van der Waals surface area contributed by atoms with Gasteiger partial charge in [0.1, 0.15) is 0 Å². The van der Waals surface area contributed by atoms with E-state index in [-0.39, 0.29) is 0 Å². The van der Waals surface area contributed by atoms with E-state index < -0.39 is 11.8 Å². The van der Waals surface area contributed by atoms with Crippen LogP contribution in [0, 0.1) is 0 Å². The Kier molecular flexibility index (Phi) is 4.95. The molecule has 0 aliphatic heterocycles. The second-order valence-corrected chi connectivity index (χ2v) is 5.16. The van der Waals surface area contributed by atoms with Crippen LogP contribution in [0.2, 0.25) is 0 Å². The highest BCUT2D eigenvalue weighted by Crippen LogP contribution is 2.17. The van der Waals surface area contributed by atoms with Gasteiger partial charge in [0.05, 0.1) is 0 Å². The SMILES string of the molecule is O=C(NNC1CCCC1)C(=O)NNC1CCCC1. The zero-order chi connectivity index (χ0) is 12.8. The second kappa shape index (κ2) is 6.70. The van der Waals surface area contributed by atoms with Gasteiger partial charge in [-0.05, 0) is 25.7 Å². The maximum Gasteiger partial charge on any atom is 0.324 e. The van der Waals surface area contributed by atoms with Gasteiger partial charge in [-0.25, -0.2) is 10.9 Å². The molecule has 6 heteroatoms. The smallest absolute Gasteiger partial charge is 0.283 e. The fourth-order valence-electron chi connectivity index (χ4n) is 2.59. The summed E-state index contributed by atoms with van der Waals surface area (Å²) in [4.78, 5) is 23.0. The van der Waals surface area contributed by atoms with Gasteiger partial charge in [0.15, 0.2) is 0 Å². The summed E-state index contributed by atoms with van der Waals surface area (Å²) >= 11 is 0. The molecule has 0 unspecified atom stereocenters. The molecule has 0 heterocycles. The van der Waals surface area contributed by atoms with Crippen LogP contribution in [0.4, 0.5) is 0 Å². The molecule has 0 aromatic heterocycles. The third-order valence-electron chi connectivity index (χ3n) is 3.70. The van der Waals surface area contributed by atoms with Crippen LogP contribution in [-0.4, -0.2) is 23.9 Å². The molecule has 0 spiro atoms. The van der Waals surface area contributed by atoms with Crippen LogP contribution in [0.1, 0.15) is 51.4 Å². The number of hydrogen-bond acceptors (Lipinski definition) is 4. The summed E-state index contributed by atoms with van der Waals surface area (Å²) in [7, 11) is 0. The van der Waals surface area contributed by atoms with E-state index in [4.69, 9.17) is 0 Å². The van der Waals surface area contributed by atoms with Crippen LogP contribution in [-0.2, 0) is 9.59 Å². The van der Waals surface area contributed by atoms with Gasteiger partial charge in [-0.1, -0.05) is 25.7 Å². The molecule has 2 saturated carbocycles. The quantitative estimate of drug-likeness (QED) is 0.424. The third-order valence-corrected chi connectivity index (χ3v) is 3.70. The van der Waals surface area contributed by atoms with Crippen LogP contribution in [0.25, 0.3) is 0 Å². The molecule has 102 valence electrons. The second-order valence-electron chi connectivity index (χ2n) is 5.16. The number of carbonyl (C=O) groups excluding carboxylic acids is 2. The Bertz CT molecular complexity index is 266. The van der Waals surface area contributed by atoms with Gasteiger partial charge in [0.2, 0.25) is 0 Å². The molecule has 0 aromatic carbocycles. The van der Waals surface area contributed by atoms with Crippen molar-refractivity contribution in [2.75, 3.05) is 0 Å². The minimum atomic E-state index is -0.632. The van der Waals surface area contributed by atoms with Crippen molar-refractivity contribution in [3.05, 3.63) is 0 Å². The lowest BCUT2D eigenvalue weighted by atomic mass is 10.3. The largest absolute Gasteiger partial charge is 0.324 e. The van der Waals surface area contributed by atoms with Crippen molar-refractivity contribution in [3.8, 4) is 0 Å². The molecule has 18 heavy (non-hydrogen) atoms. The monoisotopic (exact) mass is 254 g/mol. The number of rotatable bonds is 4. The first-order chi connectivity index (χ1) is 8.75. The Labute approximate surface area is 107 Å². The van der Waals surface area contributed by atoms with Gasteiger partial charge in [-0.15, -0.1) is 0 Å². The molecule has 2 fully saturated rings. The average Bonchev–Trinajstić information content (AvgIpc) is 3.05. The van der Waals surface area contributed by atoms with E-state index in [9.17, 15) is 9.59 Å². The summed E-state index contributed by atoms with van der Waals surface area (Å²) in [5, 5.41) is 0. The molecule has 6 nitrogen and oxygen atoms in total. The maximum atomic E-state index is 11.5. The summed E-state index contributed by atoms with van der Waals surface area (Å²) in [6.07, 6.45) is 8.97. The molecular weight excluding hydrogens is 232 g/mol. The Morgan fingerprint density at radius 1 is 0.667 bits per heavy atom. The third kappa shape index (κ3) is 3.96. The van der Waals surface area contributed by atoms with Crippen molar-refractivity contribution >= 4 is 11.8 Å². The Balaban J connectivity index is 1.59. The minimum absolute atomic E-state index is 0.310. The first-order valence-corrected chi connectivity index (χ1v) is 6.87. The van der Waals surface area contributed by atoms with E-state index in [0.717, 1.165) is 25.7 Å². The van der Waals surface area contributed by atoms with E-state index >= 15 is 0 Å². The Morgan fingerprint density at radius 2 is 1.00 bits per heavy atom. The van der Waals surface area contributed by atoms with Crippen molar-refractivity contribution in [1.29, 1.82) is 0 Å². The lowest BCUT2D eigenvalue weighted by molar-refractivity contribution is -0.140. The van der Waals surface area contributed by atoms with Gasteiger partial charge in [0.25, 0.3) is 0 Å². The van der Waals surface area contributed by atoms with Crippen molar-refractivity contribution < 1.29 is 9.59 Å². The summed E-state index contributed by atoms with van der Waals surface area (Å²) in [6, 6.07) is 0.620. The standard InChI is InChI=1S/C12H22N4O2/c17-11(15-13-9-5-1-2-6-9)12(18)16-14-10-7-3-4-8-10/h9-10,13-14H,1-8H2,(H,15,17)(H,16,18). The summed E-state index contributed by atoms with van der Waals surface area (Å²) in [5.74, 6) is -1.26. The lowest BCUT2D eigenvalue weighted by Crippen LogP contribution is -2.53. The zero-order valence-corrected chi connectivity index (χ0v) is 10.6. The highest BCUT2D eigenvalue weighted by atomic mass is 16.2. The average molecular weight is 254 g/mol.